The number of carbonyl (C=O) groups excluding carboxylic acids is 1. The van der Waals surface area contributed by atoms with E-state index in [2.05, 4.69) is 26.0 Å². The van der Waals surface area contributed by atoms with Crippen LogP contribution in [0.3, 0.4) is 0 Å². The predicted molar refractivity (Wildman–Crippen MR) is 186 cm³/mol. The number of ether oxygens (including phenoxy) is 1. The van der Waals surface area contributed by atoms with Gasteiger partial charge in [0, 0.05) is 12.8 Å². The molecule has 1 atom stereocenters. The van der Waals surface area contributed by atoms with Gasteiger partial charge in [-0.1, -0.05) is 161 Å². The van der Waals surface area contributed by atoms with Crippen molar-refractivity contribution >= 4 is 11.9 Å². The largest absolute Gasteiger partial charge is 0.481 e. The summed E-state index contributed by atoms with van der Waals surface area (Å²) in [6.45, 7) is 4.51. The summed E-state index contributed by atoms with van der Waals surface area (Å²) in [6.07, 6.45) is 42.4. The Labute approximate surface area is 268 Å². The molecule has 0 aromatic heterocycles. The van der Waals surface area contributed by atoms with Crippen molar-refractivity contribution in [2.24, 2.45) is 0 Å². The molecular formula is C39H74O4. The lowest BCUT2D eigenvalue weighted by atomic mass is 10.0. The van der Waals surface area contributed by atoms with E-state index in [1.165, 1.54) is 154 Å². The first kappa shape index (κ1) is 41.7. The third-order valence-corrected chi connectivity index (χ3v) is 8.74. The van der Waals surface area contributed by atoms with Crippen molar-refractivity contribution in [1.82, 2.24) is 0 Å². The Morgan fingerprint density at radius 3 is 1.33 bits per heavy atom. The van der Waals surface area contributed by atoms with Gasteiger partial charge in [0.15, 0.2) is 0 Å². The summed E-state index contributed by atoms with van der Waals surface area (Å²) < 4.78 is 6.03. The van der Waals surface area contributed by atoms with E-state index < -0.39 is 5.97 Å². The summed E-state index contributed by atoms with van der Waals surface area (Å²) >= 11 is 0. The first-order valence-corrected chi connectivity index (χ1v) is 19.2. The minimum atomic E-state index is -0.671. The molecule has 0 heterocycles. The summed E-state index contributed by atoms with van der Waals surface area (Å²) in [4.78, 5) is 23.2. The van der Waals surface area contributed by atoms with E-state index >= 15 is 0 Å². The summed E-state index contributed by atoms with van der Waals surface area (Å²) in [5.74, 6) is -0.635. The molecule has 0 spiro atoms. The smallest absolute Gasteiger partial charge is 0.306 e. The van der Waals surface area contributed by atoms with Crippen molar-refractivity contribution in [3.05, 3.63) is 12.2 Å². The van der Waals surface area contributed by atoms with Gasteiger partial charge in [-0.2, -0.15) is 0 Å². The maximum Gasteiger partial charge on any atom is 0.306 e. The normalized spacial score (nSPS) is 12.2. The van der Waals surface area contributed by atoms with E-state index in [1.54, 1.807) is 0 Å². The molecule has 0 amide bonds. The molecule has 4 heteroatoms. The van der Waals surface area contributed by atoms with Crippen LogP contribution in [-0.4, -0.2) is 23.1 Å². The Morgan fingerprint density at radius 2 is 0.860 bits per heavy atom. The highest BCUT2D eigenvalue weighted by molar-refractivity contribution is 5.69. The topological polar surface area (TPSA) is 63.6 Å². The van der Waals surface area contributed by atoms with Crippen molar-refractivity contribution < 1.29 is 19.4 Å². The number of rotatable bonds is 35. The van der Waals surface area contributed by atoms with Crippen LogP contribution in [0.5, 0.6) is 0 Å². The lowest BCUT2D eigenvalue weighted by molar-refractivity contribution is -0.150. The molecule has 0 fully saturated rings. The van der Waals surface area contributed by atoms with Crippen molar-refractivity contribution in [3.8, 4) is 0 Å². The summed E-state index contributed by atoms with van der Waals surface area (Å²) in [7, 11) is 0. The number of esters is 1. The standard InChI is InChI=1S/C39H74O4/c1-3-5-7-9-11-12-13-17-20-24-28-32-36-39(42)43-37(33-29-25-21-10-8-6-4-2)34-30-26-22-18-15-14-16-19-23-27-31-35-38(40)41/h9,11,37H,3-8,10,12-36H2,1-2H3,(H,40,41)/b11-9-. The van der Waals surface area contributed by atoms with Crippen LogP contribution in [0.25, 0.3) is 0 Å². The molecule has 0 bridgehead atoms. The number of carbonyl (C=O) groups is 2. The molecule has 0 aliphatic carbocycles. The number of allylic oxidation sites excluding steroid dienone is 2. The fraction of sp³-hybridized carbons (Fsp3) is 0.897. The average molecular weight is 607 g/mol. The molecule has 1 N–H and O–H groups in total. The van der Waals surface area contributed by atoms with Gasteiger partial charge < -0.3 is 9.84 Å². The Kier molecular flexibility index (Phi) is 34.1. The van der Waals surface area contributed by atoms with Gasteiger partial charge >= 0.3 is 11.9 Å². The van der Waals surface area contributed by atoms with Crippen molar-refractivity contribution in [2.45, 2.75) is 225 Å². The maximum absolute atomic E-state index is 12.6. The third-order valence-electron chi connectivity index (χ3n) is 8.74. The Hall–Kier alpha value is -1.32. The van der Waals surface area contributed by atoms with Gasteiger partial charge in [0.2, 0.25) is 0 Å². The highest BCUT2D eigenvalue weighted by Crippen LogP contribution is 2.19. The van der Waals surface area contributed by atoms with Gasteiger partial charge in [-0.3, -0.25) is 9.59 Å². The molecule has 0 radical (unpaired) electrons. The molecule has 1 unspecified atom stereocenters. The van der Waals surface area contributed by atoms with E-state index in [4.69, 9.17) is 9.84 Å². The lowest BCUT2D eigenvalue weighted by Gasteiger charge is -2.18. The molecule has 0 aliphatic rings. The second kappa shape index (κ2) is 35.2. The van der Waals surface area contributed by atoms with E-state index in [9.17, 15) is 9.59 Å². The highest BCUT2D eigenvalue weighted by Gasteiger charge is 2.14. The Bertz CT molecular complexity index is 614. The van der Waals surface area contributed by atoms with Crippen LogP contribution < -0.4 is 0 Å². The molecule has 0 aliphatic heterocycles. The molecule has 0 rings (SSSR count). The maximum atomic E-state index is 12.6. The number of carboxylic acids is 1. The molecule has 0 saturated heterocycles. The highest BCUT2D eigenvalue weighted by atomic mass is 16.5. The molecule has 43 heavy (non-hydrogen) atoms. The van der Waals surface area contributed by atoms with Crippen LogP contribution in [0, 0.1) is 0 Å². The third kappa shape index (κ3) is 35.0. The Balaban J connectivity index is 3.99. The van der Waals surface area contributed by atoms with Crippen LogP contribution in [-0.2, 0) is 14.3 Å². The fourth-order valence-corrected chi connectivity index (χ4v) is 5.87. The lowest BCUT2D eigenvalue weighted by Crippen LogP contribution is -2.18. The SMILES string of the molecule is CCCC/C=C\CCCCCCCCC(=O)OC(CCCCCCCCC)CCCCCCCCCCCCCC(=O)O. The van der Waals surface area contributed by atoms with Gasteiger partial charge in [-0.05, 0) is 57.8 Å². The van der Waals surface area contributed by atoms with Crippen LogP contribution in [0.15, 0.2) is 12.2 Å². The predicted octanol–water partition coefficient (Wildman–Crippen LogP) is 13.1. The minimum Gasteiger partial charge on any atom is -0.481 e. The van der Waals surface area contributed by atoms with Gasteiger partial charge in [0.05, 0.1) is 0 Å². The van der Waals surface area contributed by atoms with Gasteiger partial charge in [-0.15, -0.1) is 0 Å². The number of hydrogen-bond acceptors (Lipinski definition) is 3. The van der Waals surface area contributed by atoms with Gasteiger partial charge in [-0.25, -0.2) is 0 Å². The van der Waals surface area contributed by atoms with E-state index in [1.807, 2.05) is 0 Å². The minimum absolute atomic E-state index is 0.0353. The van der Waals surface area contributed by atoms with Crippen molar-refractivity contribution in [2.75, 3.05) is 0 Å². The zero-order chi connectivity index (χ0) is 31.5. The van der Waals surface area contributed by atoms with Crippen LogP contribution >= 0.6 is 0 Å². The monoisotopic (exact) mass is 607 g/mol. The van der Waals surface area contributed by atoms with E-state index in [0.717, 1.165) is 38.5 Å². The first-order chi connectivity index (χ1) is 21.1. The van der Waals surface area contributed by atoms with Crippen LogP contribution in [0.2, 0.25) is 0 Å². The average Bonchev–Trinajstić information content (AvgIpc) is 2.99. The first-order valence-electron chi connectivity index (χ1n) is 19.2. The van der Waals surface area contributed by atoms with Gasteiger partial charge in [0.1, 0.15) is 6.10 Å². The van der Waals surface area contributed by atoms with Gasteiger partial charge in [0.25, 0.3) is 0 Å². The molecule has 254 valence electrons. The fourth-order valence-electron chi connectivity index (χ4n) is 5.87. The van der Waals surface area contributed by atoms with Crippen LogP contribution in [0.1, 0.15) is 219 Å². The zero-order valence-electron chi connectivity index (χ0n) is 29.0. The molecule has 0 aromatic rings. The number of unbranched alkanes of at least 4 members (excludes halogenated alkanes) is 24. The molecule has 0 aromatic carbocycles. The zero-order valence-corrected chi connectivity index (χ0v) is 29.0. The quantitative estimate of drug-likeness (QED) is 0.0443. The summed E-state index contributed by atoms with van der Waals surface area (Å²) in [5, 5.41) is 8.70. The number of carboxylic acid groups (broad SMARTS) is 1. The van der Waals surface area contributed by atoms with Crippen molar-refractivity contribution in [3.63, 3.8) is 0 Å². The summed E-state index contributed by atoms with van der Waals surface area (Å²) in [5.41, 5.74) is 0. The molecule has 0 saturated carbocycles. The molecule has 4 nitrogen and oxygen atoms in total. The second-order valence-corrected chi connectivity index (χ2v) is 13.1. The van der Waals surface area contributed by atoms with E-state index in [0.29, 0.717) is 12.8 Å². The number of aliphatic carboxylic acids is 1. The van der Waals surface area contributed by atoms with E-state index in [-0.39, 0.29) is 12.1 Å². The molecular weight excluding hydrogens is 532 g/mol. The van der Waals surface area contributed by atoms with Crippen molar-refractivity contribution in [1.29, 1.82) is 0 Å². The second-order valence-electron chi connectivity index (χ2n) is 13.1. The number of hydrogen-bond donors (Lipinski definition) is 1. The Morgan fingerprint density at radius 1 is 0.488 bits per heavy atom. The summed E-state index contributed by atoms with van der Waals surface area (Å²) in [6, 6.07) is 0. The van der Waals surface area contributed by atoms with Crippen LogP contribution in [0.4, 0.5) is 0 Å².